The van der Waals surface area contributed by atoms with Crippen LogP contribution in [0.25, 0.3) is 32.9 Å². The van der Waals surface area contributed by atoms with Crippen molar-refractivity contribution >= 4 is 33.5 Å². The molecule has 0 aliphatic carbocycles. The van der Waals surface area contributed by atoms with Crippen molar-refractivity contribution in [3.63, 3.8) is 0 Å². The predicted molar refractivity (Wildman–Crippen MR) is 102 cm³/mol. The fraction of sp³-hybridized carbons (Fsp3) is 0.0952. The second-order valence-electron chi connectivity index (χ2n) is 6.28. The maximum absolute atomic E-state index is 14.0. The van der Waals surface area contributed by atoms with E-state index < -0.39 is 5.97 Å². The molecule has 4 rings (SSSR count). The lowest BCUT2D eigenvalue weighted by atomic mass is 10.00. The predicted octanol–water partition coefficient (Wildman–Crippen LogP) is 4.80. The first-order valence-corrected chi connectivity index (χ1v) is 8.29. The van der Waals surface area contributed by atoms with Gasteiger partial charge in [-0.05, 0) is 41.0 Å². The van der Waals surface area contributed by atoms with Gasteiger partial charge in [0.05, 0.1) is 17.6 Å². The summed E-state index contributed by atoms with van der Waals surface area (Å²) < 4.78 is 14.0. The Balaban J connectivity index is 1.89. The Hall–Kier alpha value is -3.34. The fourth-order valence-corrected chi connectivity index (χ4v) is 3.38. The summed E-state index contributed by atoms with van der Waals surface area (Å²) in [6, 6.07) is 16.4. The van der Waals surface area contributed by atoms with Crippen LogP contribution < -0.4 is 5.32 Å². The van der Waals surface area contributed by atoms with E-state index in [9.17, 15) is 9.18 Å². The summed E-state index contributed by atoms with van der Waals surface area (Å²) >= 11 is 0. The number of carboxylic acids is 1. The van der Waals surface area contributed by atoms with Crippen molar-refractivity contribution in [3.8, 4) is 11.1 Å². The number of anilines is 1. The summed E-state index contributed by atoms with van der Waals surface area (Å²) in [5, 5.41) is 13.7. The maximum Gasteiger partial charge on any atom is 0.307 e. The Kier molecular flexibility index (Phi) is 3.84. The van der Waals surface area contributed by atoms with E-state index in [1.807, 2.05) is 36.4 Å². The highest BCUT2D eigenvalue weighted by Crippen LogP contribution is 2.34. The van der Waals surface area contributed by atoms with Crippen LogP contribution in [0.5, 0.6) is 0 Å². The van der Waals surface area contributed by atoms with Crippen molar-refractivity contribution in [2.45, 2.75) is 6.42 Å². The van der Waals surface area contributed by atoms with Crippen LogP contribution in [0, 0.1) is 5.82 Å². The van der Waals surface area contributed by atoms with E-state index in [1.54, 1.807) is 13.1 Å². The standard InChI is InChI=1S/C21H17FN2O2/c1-23-19-11-15(22)10-17-16-9-14(5-6-18(16)24-21(17)19)13-4-2-3-12(7-13)8-20(25)26/h2-7,9-11,23-24H,8H2,1H3,(H,25,26). The molecule has 0 radical (unpaired) electrons. The van der Waals surface area contributed by atoms with Crippen molar-refractivity contribution in [3.05, 3.63) is 66.0 Å². The molecule has 0 aliphatic rings. The van der Waals surface area contributed by atoms with Crippen molar-refractivity contribution in [1.29, 1.82) is 0 Å². The second-order valence-corrected chi connectivity index (χ2v) is 6.28. The summed E-state index contributed by atoms with van der Waals surface area (Å²) in [5.74, 6) is -1.15. The lowest BCUT2D eigenvalue weighted by molar-refractivity contribution is -0.136. The molecule has 0 saturated heterocycles. The highest BCUT2D eigenvalue weighted by Gasteiger charge is 2.11. The summed E-state index contributed by atoms with van der Waals surface area (Å²) in [4.78, 5) is 14.3. The van der Waals surface area contributed by atoms with Crippen LogP contribution in [-0.4, -0.2) is 23.1 Å². The van der Waals surface area contributed by atoms with Gasteiger partial charge in [-0.15, -0.1) is 0 Å². The number of nitrogens with one attached hydrogen (secondary N) is 2. The van der Waals surface area contributed by atoms with E-state index in [0.717, 1.165) is 38.5 Å². The van der Waals surface area contributed by atoms with Gasteiger partial charge in [0.15, 0.2) is 0 Å². The van der Waals surface area contributed by atoms with E-state index in [0.29, 0.717) is 5.69 Å². The van der Waals surface area contributed by atoms with Gasteiger partial charge in [-0.2, -0.15) is 0 Å². The first-order chi connectivity index (χ1) is 12.5. The van der Waals surface area contributed by atoms with Gasteiger partial charge in [0.1, 0.15) is 5.82 Å². The van der Waals surface area contributed by atoms with E-state index in [4.69, 9.17) is 5.11 Å². The van der Waals surface area contributed by atoms with Crippen LogP contribution >= 0.6 is 0 Å². The summed E-state index contributed by atoms with van der Waals surface area (Å²) in [7, 11) is 1.76. The van der Waals surface area contributed by atoms with Gasteiger partial charge in [-0.25, -0.2) is 4.39 Å². The molecule has 0 fully saturated rings. The number of carbonyl (C=O) groups is 1. The Labute approximate surface area is 149 Å². The number of H-pyrrole nitrogens is 1. The largest absolute Gasteiger partial charge is 0.481 e. The topological polar surface area (TPSA) is 65.1 Å². The van der Waals surface area contributed by atoms with Gasteiger partial charge in [-0.3, -0.25) is 4.79 Å². The van der Waals surface area contributed by atoms with Crippen molar-refractivity contribution in [2.75, 3.05) is 12.4 Å². The number of hydrogen-bond acceptors (Lipinski definition) is 2. The molecule has 4 nitrogen and oxygen atoms in total. The molecule has 3 N–H and O–H groups in total. The number of benzene rings is 3. The highest BCUT2D eigenvalue weighted by atomic mass is 19.1. The number of rotatable bonds is 4. The van der Waals surface area contributed by atoms with E-state index in [-0.39, 0.29) is 12.2 Å². The zero-order valence-corrected chi connectivity index (χ0v) is 14.1. The monoisotopic (exact) mass is 348 g/mol. The van der Waals surface area contributed by atoms with Crippen LogP contribution in [0.15, 0.2) is 54.6 Å². The lowest BCUT2D eigenvalue weighted by Gasteiger charge is -2.05. The molecule has 0 saturated carbocycles. The van der Waals surface area contributed by atoms with E-state index in [2.05, 4.69) is 10.3 Å². The third-order valence-corrected chi connectivity index (χ3v) is 4.56. The molecular formula is C21H17FN2O2. The van der Waals surface area contributed by atoms with Gasteiger partial charge < -0.3 is 15.4 Å². The molecule has 1 heterocycles. The van der Waals surface area contributed by atoms with E-state index >= 15 is 0 Å². The highest BCUT2D eigenvalue weighted by molar-refractivity contribution is 6.12. The fourth-order valence-electron chi connectivity index (χ4n) is 3.38. The second kappa shape index (κ2) is 6.19. The van der Waals surface area contributed by atoms with E-state index in [1.165, 1.54) is 12.1 Å². The van der Waals surface area contributed by atoms with Gasteiger partial charge in [0, 0.05) is 23.3 Å². The Morgan fingerprint density at radius 2 is 1.88 bits per heavy atom. The van der Waals surface area contributed by atoms with Gasteiger partial charge in [0.25, 0.3) is 0 Å². The molecule has 0 aliphatic heterocycles. The average Bonchev–Trinajstić information content (AvgIpc) is 2.98. The van der Waals surface area contributed by atoms with Crippen LogP contribution in [0.3, 0.4) is 0 Å². The van der Waals surface area contributed by atoms with Crippen molar-refractivity contribution < 1.29 is 14.3 Å². The number of hydrogen-bond donors (Lipinski definition) is 3. The first-order valence-electron chi connectivity index (χ1n) is 8.29. The molecule has 4 aromatic rings. The molecule has 1 aromatic heterocycles. The number of aromatic amines is 1. The summed E-state index contributed by atoms with van der Waals surface area (Å²) in [5.41, 5.74) is 5.14. The average molecular weight is 348 g/mol. The number of halogens is 1. The third-order valence-electron chi connectivity index (χ3n) is 4.56. The SMILES string of the molecule is CNc1cc(F)cc2c1[nH]c1ccc(-c3cccc(CC(=O)O)c3)cc12. The molecular weight excluding hydrogens is 331 g/mol. The van der Waals surface area contributed by atoms with Crippen LogP contribution in [-0.2, 0) is 11.2 Å². The van der Waals surface area contributed by atoms with Crippen molar-refractivity contribution in [1.82, 2.24) is 4.98 Å². The lowest BCUT2D eigenvalue weighted by Crippen LogP contribution is -1.99. The molecule has 5 heteroatoms. The maximum atomic E-state index is 14.0. The number of aromatic nitrogens is 1. The first kappa shape index (κ1) is 16.1. The Bertz CT molecular complexity index is 1150. The van der Waals surface area contributed by atoms with Gasteiger partial charge >= 0.3 is 5.97 Å². The minimum atomic E-state index is -0.857. The number of fused-ring (bicyclic) bond motifs is 3. The minimum Gasteiger partial charge on any atom is -0.481 e. The normalized spacial score (nSPS) is 11.2. The molecule has 0 atom stereocenters. The number of aliphatic carboxylic acids is 1. The molecule has 0 spiro atoms. The van der Waals surface area contributed by atoms with Gasteiger partial charge in [-0.1, -0.05) is 30.3 Å². The third kappa shape index (κ3) is 2.77. The minimum absolute atomic E-state index is 0.0140. The molecule has 3 aromatic carbocycles. The molecule has 130 valence electrons. The zero-order valence-electron chi connectivity index (χ0n) is 14.1. The zero-order chi connectivity index (χ0) is 18.3. The van der Waals surface area contributed by atoms with Crippen LogP contribution in [0.2, 0.25) is 0 Å². The quantitative estimate of drug-likeness (QED) is 0.496. The van der Waals surface area contributed by atoms with Crippen molar-refractivity contribution in [2.24, 2.45) is 0 Å². The Morgan fingerprint density at radius 3 is 2.65 bits per heavy atom. The van der Waals surface area contributed by atoms with Crippen LogP contribution in [0.4, 0.5) is 10.1 Å². The summed E-state index contributed by atoms with van der Waals surface area (Å²) in [6.07, 6.45) is -0.0140. The smallest absolute Gasteiger partial charge is 0.307 e. The van der Waals surface area contributed by atoms with Gasteiger partial charge in [0.2, 0.25) is 0 Å². The number of carboxylic acid groups (broad SMARTS) is 1. The molecule has 26 heavy (non-hydrogen) atoms. The molecule has 0 bridgehead atoms. The van der Waals surface area contributed by atoms with Crippen LogP contribution in [0.1, 0.15) is 5.56 Å². The summed E-state index contributed by atoms with van der Waals surface area (Å²) in [6.45, 7) is 0. The molecule has 0 unspecified atom stereocenters. The molecule has 0 amide bonds. The Morgan fingerprint density at radius 1 is 1.08 bits per heavy atom.